The first-order chi connectivity index (χ1) is 10.2. The number of aromatic nitrogens is 1. The fraction of sp³-hybridized carbons (Fsp3) is 0.188. The Balaban J connectivity index is 2.19. The monoisotopic (exact) mass is 280 g/mol. The molecule has 0 atom stereocenters. The van der Waals surface area contributed by atoms with E-state index in [2.05, 4.69) is 11.1 Å². The van der Waals surface area contributed by atoms with Crippen LogP contribution in [0.2, 0.25) is 0 Å². The van der Waals surface area contributed by atoms with Crippen molar-refractivity contribution in [3.05, 3.63) is 59.9 Å². The molecule has 0 unspecified atom stereocenters. The van der Waals surface area contributed by atoms with Gasteiger partial charge in [0.15, 0.2) is 0 Å². The summed E-state index contributed by atoms with van der Waals surface area (Å²) in [5.41, 5.74) is 7.71. The molecular formula is C16H16N4O. The minimum Gasteiger partial charge on any atom is -0.399 e. The molecule has 21 heavy (non-hydrogen) atoms. The first-order valence-corrected chi connectivity index (χ1v) is 6.61. The van der Waals surface area contributed by atoms with Crippen LogP contribution in [-0.4, -0.2) is 22.3 Å². The third-order valence-electron chi connectivity index (χ3n) is 3.01. The molecule has 1 aromatic heterocycles. The van der Waals surface area contributed by atoms with Crippen molar-refractivity contribution >= 4 is 11.6 Å². The highest BCUT2D eigenvalue weighted by Crippen LogP contribution is 2.12. The van der Waals surface area contributed by atoms with Crippen LogP contribution in [0.4, 0.5) is 5.69 Å². The number of nitrogens with two attached hydrogens (primary N) is 1. The predicted octanol–water partition coefficient (Wildman–Crippen LogP) is 2.22. The van der Waals surface area contributed by atoms with Gasteiger partial charge in [0, 0.05) is 36.7 Å². The van der Waals surface area contributed by atoms with Gasteiger partial charge in [-0.25, -0.2) is 0 Å². The van der Waals surface area contributed by atoms with E-state index in [-0.39, 0.29) is 12.3 Å². The first-order valence-electron chi connectivity index (χ1n) is 6.61. The van der Waals surface area contributed by atoms with Crippen LogP contribution in [0.1, 0.15) is 22.3 Å². The van der Waals surface area contributed by atoms with Crippen molar-refractivity contribution < 1.29 is 4.79 Å². The van der Waals surface area contributed by atoms with Crippen molar-refractivity contribution in [2.75, 3.05) is 12.3 Å². The largest absolute Gasteiger partial charge is 0.399 e. The standard InChI is InChI=1S/C16H16N4O/c17-7-3-9-20(12-13-4-2-8-19-11-13)16(21)14-5-1-6-15(18)10-14/h1-2,4-6,8,10-11H,3,9,12,18H2. The van der Waals surface area contributed by atoms with Crippen molar-refractivity contribution in [2.24, 2.45) is 0 Å². The lowest BCUT2D eigenvalue weighted by Crippen LogP contribution is -2.31. The van der Waals surface area contributed by atoms with E-state index in [9.17, 15) is 4.79 Å². The molecule has 0 aliphatic carbocycles. The topological polar surface area (TPSA) is 83.0 Å². The second-order valence-corrected chi connectivity index (χ2v) is 4.62. The quantitative estimate of drug-likeness (QED) is 0.851. The first kappa shape index (κ1) is 14.5. The highest BCUT2D eigenvalue weighted by Gasteiger charge is 2.16. The molecule has 2 N–H and O–H groups in total. The third-order valence-corrected chi connectivity index (χ3v) is 3.01. The van der Waals surface area contributed by atoms with E-state index < -0.39 is 0 Å². The highest BCUT2D eigenvalue weighted by molar-refractivity contribution is 5.95. The zero-order valence-electron chi connectivity index (χ0n) is 11.6. The molecule has 2 rings (SSSR count). The number of benzene rings is 1. The average Bonchev–Trinajstić information content (AvgIpc) is 2.51. The Hall–Kier alpha value is -2.87. The summed E-state index contributed by atoms with van der Waals surface area (Å²) in [5.74, 6) is -0.138. The molecule has 106 valence electrons. The number of nitriles is 1. The number of nitrogen functional groups attached to an aromatic ring is 1. The fourth-order valence-corrected chi connectivity index (χ4v) is 2.00. The van der Waals surface area contributed by atoms with Crippen molar-refractivity contribution in [2.45, 2.75) is 13.0 Å². The summed E-state index contributed by atoms with van der Waals surface area (Å²) in [6, 6.07) is 12.6. The SMILES string of the molecule is N#CCCN(Cc1cccnc1)C(=O)c1cccc(N)c1. The Labute approximate surface area is 123 Å². The van der Waals surface area contributed by atoms with Crippen molar-refractivity contribution in [3.8, 4) is 6.07 Å². The summed E-state index contributed by atoms with van der Waals surface area (Å²) in [4.78, 5) is 18.2. The normalized spacial score (nSPS) is 9.86. The van der Waals surface area contributed by atoms with Crippen molar-refractivity contribution in [1.82, 2.24) is 9.88 Å². The number of hydrogen-bond donors (Lipinski definition) is 1. The summed E-state index contributed by atoms with van der Waals surface area (Å²) in [7, 11) is 0. The van der Waals surface area contributed by atoms with Crippen LogP contribution in [0, 0.1) is 11.3 Å². The number of carbonyl (C=O) groups excluding carboxylic acids is 1. The molecule has 0 radical (unpaired) electrons. The van der Waals surface area contributed by atoms with E-state index >= 15 is 0 Å². The smallest absolute Gasteiger partial charge is 0.254 e. The molecule has 0 saturated heterocycles. The van der Waals surface area contributed by atoms with Gasteiger partial charge >= 0.3 is 0 Å². The molecule has 5 heteroatoms. The van der Waals surface area contributed by atoms with Crippen LogP contribution in [-0.2, 0) is 6.54 Å². The zero-order valence-corrected chi connectivity index (χ0v) is 11.6. The molecule has 2 aromatic rings. The maximum Gasteiger partial charge on any atom is 0.254 e. The second kappa shape index (κ2) is 7.06. The van der Waals surface area contributed by atoms with Crippen LogP contribution in [0.25, 0.3) is 0 Å². The summed E-state index contributed by atoms with van der Waals surface area (Å²) in [5, 5.41) is 8.76. The van der Waals surface area contributed by atoms with Crippen molar-refractivity contribution in [1.29, 1.82) is 5.26 Å². The number of carbonyl (C=O) groups is 1. The molecule has 5 nitrogen and oxygen atoms in total. The predicted molar refractivity (Wildman–Crippen MR) is 80.1 cm³/mol. The molecule has 0 fully saturated rings. The second-order valence-electron chi connectivity index (χ2n) is 4.62. The van der Waals surface area contributed by atoms with Gasteiger partial charge in [-0.1, -0.05) is 12.1 Å². The Kier molecular flexibility index (Phi) is 4.89. The van der Waals surface area contributed by atoms with E-state index in [1.54, 1.807) is 41.6 Å². The minimum atomic E-state index is -0.138. The van der Waals surface area contributed by atoms with Crippen LogP contribution in [0.3, 0.4) is 0 Å². The van der Waals surface area contributed by atoms with Gasteiger partial charge < -0.3 is 10.6 Å². The van der Waals surface area contributed by atoms with Crippen LogP contribution in [0.5, 0.6) is 0 Å². The van der Waals surface area contributed by atoms with E-state index in [1.165, 1.54) is 0 Å². The maximum atomic E-state index is 12.5. The number of hydrogen-bond acceptors (Lipinski definition) is 4. The molecule has 0 aliphatic rings. The van der Waals surface area contributed by atoms with Crippen molar-refractivity contribution in [3.63, 3.8) is 0 Å². The maximum absolute atomic E-state index is 12.5. The van der Waals surface area contributed by atoms with Gasteiger partial charge in [-0.05, 0) is 29.8 Å². The molecular weight excluding hydrogens is 264 g/mol. The average molecular weight is 280 g/mol. The number of amides is 1. The molecule has 0 saturated carbocycles. The molecule has 0 spiro atoms. The Morgan fingerprint density at radius 1 is 1.33 bits per heavy atom. The van der Waals surface area contributed by atoms with Crippen LogP contribution < -0.4 is 5.73 Å². The van der Waals surface area contributed by atoms with E-state index in [4.69, 9.17) is 11.0 Å². The van der Waals surface area contributed by atoms with Gasteiger partial charge in [-0.2, -0.15) is 5.26 Å². The lowest BCUT2D eigenvalue weighted by atomic mass is 10.1. The lowest BCUT2D eigenvalue weighted by Gasteiger charge is -2.21. The van der Waals surface area contributed by atoms with Gasteiger partial charge in [-0.3, -0.25) is 9.78 Å². The molecule has 1 heterocycles. The number of nitrogens with zero attached hydrogens (tertiary/aromatic N) is 3. The highest BCUT2D eigenvalue weighted by atomic mass is 16.2. The Morgan fingerprint density at radius 2 is 2.19 bits per heavy atom. The summed E-state index contributed by atoms with van der Waals surface area (Å²) < 4.78 is 0. The lowest BCUT2D eigenvalue weighted by molar-refractivity contribution is 0.0747. The zero-order chi connectivity index (χ0) is 15.1. The van der Waals surface area contributed by atoms with Gasteiger partial charge in [-0.15, -0.1) is 0 Å². The summed E-state index contributed by atoms with van der Waals surface area (Å²) >= 11 is 0. The van der Waals surface area contributed by atoms with Gasteiger partial charge in [0.05, 0.1) is 12.5 Å². The molecule has 1 amide bonds. The Bertz CT molecular complexity index is 649. The van der Waals surface area contributed by atoms with Crippen LogP contribution in [0.15, 0.2) is 48.8 Å². The number of rotatable bonds is 5. The molecule has 0 aliphatic heterocycles. The summed E-state index contributed by atoms with van der Waals surface area (Å²) in [6.07, 6.45) is 3.68. The molecule has 0 bridgehead atoms. The van der Waals surface area contributed by atoms with E-state index in [1.807, 2.05) is 12.1 Å². The van der Waals surface area contributed by atoms with Crippen LogP contribution >= 0.6 is 0 Å². The molecule has 1 aromatic carbocycles. The fourth-order valence-electron chi connectivity index (χ4n) is 2.00. The van der Waals surface area contributed by atoms with Gasteiger partial charge in [0.1, 0.15) is 0 Å². The summed E-state index contributed by atoms with van der Waals surface area (Å²) in [6.45, 7) is 0.794. The van der Waals surface area contributed by atoms with Gasteiger partial charge in [0.25, 0.3) is 5.91 Å². The van der Waals surface area contributed by atoms with E-state index in [0.717, 1.165) is 5.56 Å². The van der Waals surface area contributed by atoms with Gasteiger partial charge in [0.2, 0.25) is 0 Å². The minimum absolute atomic E-state index is 0.138. The number of anilines is 1. The Morgan fingerprint density at radius 3 is 2.86 bits per heavy atom. The number of pyridine rings is 1. The third kappa shape index (κ3) is 4.05. The van der Waals surface area contributed by atoms with E-state index in [0.29, 0.717) is 24.3 Å².